The van der Waals surface area contributed by atoms with Gasteiger partial charge in [-0.2, -0.15) is 5.10 Å². The number of halogens is 1. The van der Waals surface area contributed by atoms with E-state index in [1.165, 1.54) is 12.1 Å². The Bertz CT molecular complexity index is 1530. The third-order valence-corrected chi connectivity index (χ3v) is 7.93. The number of sulfonamides is 1. The number of aryl methyl sites for hydroxylation is 2. The minimum atomic E-state index is -3.98. The number of nitrogens with zero attached hydrogens (tertiary/aromatic N) is 3. The van der Waals surface area contributed by atoms with Crippen molar-refractivity contribution in [2.24, 2.45) is 5.10 Å². The topological polar surface area (TPSA) is 83.8 Å². The summed E-state index contributed by atoms with van der Waals surface area (Å²) in [7, 11) is -3.98. The smallest absolute Gasteiger partial charge is 0.264 e. The maximum Gasteiger partial charge on any atom is 0.264 e. The van der Waals surface area contributed by atoms with Crippen molar-refractivity contribution in [1.29, 1.82) is 0 Å². The van der Waals surface area contributed by atoms with E-state index in [0.717, 1.165) is 32.5 Å². The Hall–Kier alpha value is -3.88. The first-order chi connectivity index (χ1) is 17.7. The molecule has 1 N–H and O–H groups in total. The van der Waals surface area contributed by atoms with E-state index in [2.05, 4.69) is 15.1 Å². The Morgan fingerprint density at radius 2 is 1.62 bits per heavy atom. The number of carbonyl (C=O) groups excluding carboxylic acids is 1. The second-order valence-corrected chi connectivity index (χ2v) is 10.9. The van der Waals surface area contributed by atoms with Crippen LogP contribution in [-0.2, 0) is 14.8 Å². The molecule has 0 saturated heterocycles. The van der Waals surface area contributed by atoms with Crippen LogP contribution in [0, 0.1) is 20.8 Å². The van der Waals surface area contributed by atoms with Crippen molar-refractivity contribution >= 4 is 39.4 Å². The van der Waals surface area contributed by atoms with Gasteiger partial charge in [-0.05, 0) is 75.4 Å². The van der Waals surface area contributed by atoms with Crippen LogP contribution in [-0.4, -0.2) is 31.7 Å². The van der Waals surface area contributed by atoms with Crippen LogP contribution in [0.15, 0.2) is 94.9 Å². The van der Waals surface area contributed by atoms with E-state index in [9.17, 15) is 13.2 Å². The fourth-order valence-electron chi connectivity index (χ4n) is 3.99. The van der Waals surface area contributed by atoms with Crippen molar-refractivity contribution in [3.63, 3.8) is 0 Å². The molecule has 0 unspecified atom stereocenters. The Balaban J connectivity index is 1.53. The predicted octanol–water partition coefficient (Wildman–Crippen LogP) is 5.40. The monoisotopic (exact) mass is 534 g/mol. The van der Waals surface area contributed by atoms with Crippen molar-refractivity contribution in [2.45, 2.75) is 25.7 Å². The standard InChI is InChI=1S/C28H27ClN4O3S/c1-20-9-15-27(16-10-20)37(35,36)32(25-7-5-4-6-8-25)19-28(34)31-30-18-23-17-21(2)33(22(23)3)26-13-11-24(29)12-14-26/h4-18H,19H2,1-3H3,(H,31,34)/b30-18-. The molecule has 0 fully saturated rings. The Morgan fingerprint density at radius 1 is 0.973 bits per heavy atom. The van der Waals surface area contributed by atoms with Crippen LogP contribution in [0.3, 0.4) is 0 Å². The molecule has 7 nitrogen and oxygen atoms in total. The maximum atomic E-state index is 13.4. The van der Waals surface area contributed by atoms with E-state index >= 15 is 0 Å². The number of rotatable bonds is 8. The highest BCUT2D eigenvalue weighted by atomic mass is 35.5. The molecule has 1 aromatic heterocycles. The third-order valence-electron chi connectivity index (χ3n) is 5.89. The van der Waals surface area contributed by atoms with Gasteiger partial charge in [0.05, 0.1) is 16.8 Å². The number of hydrazone groups is 1. The number of benzene rings is 3. The highest BCUT2D eigenvalue weighted by Crippen LogP contribution is 2.24. The molecular formula is C28H27ClN4O3S. The lowest BCUT2D eigenvalue weighted by Crippen LogP contribution is -2.39. The average molecular weight is 535 g/mol. The van der Waals surface area contributed by atoms with Gasteiger partial charge in [-0.15, -0.1) is 0 Å². The van der Waals surface area contributed by atoms with Gasteiger partial charge in [-0.3, -0.25) is 9.10 Å². The van der Waals surface area contributed by atoms with Crippen molar-refractivity contribution in [3.8, 4) is 5.69 Å². The summed E-state index contributed by atoms with van der Waals surface area (Å²) in [5.41, 5.74) is 7.49. The van der Waals surface area contributed by atoms with E-state index < -0.39 is 22.5 Å². The molecule has 9 heteroatoms. The normalized spacial score (nSPS) is 11.6. The first-order valence-electron chi connectivity index (χ1n) is 11.6. The lowest BCUT2D eigenvalue weighted by molar-refractivity contribution is -0.119. The summed E-state index contributed by atoms with van der Waals surface area (Å²) >= 11 is 6.01. The molecule has 1 amide bonds. The fourth-order valence-corrected chi connectivity index (χ4v) is 5.54. The highest BCUT2D eigenvalue weighted by Gasteiger charge is 2.27. The molecule has 0 bridgehead atoms. The lowest BCUT2D eigenvalue weighted by atomic mass is 10.2. The van der Waals surface area contributed by atoms with Gasteiger partial charge in [-0.1, -0.05) is 47.5 Å². The molecule has 4 aromatic rings. The predicted molar refractivity (Wildman–Crippen MR) is 148 cm³/mol. The first kappa shape index (κ1) is 26.2. The number of carbonyl (C=O) groups is 1. The minimum Gasteiger partial charge on any atom is -0.318 e. The Morgan fingerprint density at radius 3 is 2.27 bits per heavy atom. The van der Waals surface area contributed by atoms with Crippen molar-refractivity contribution < 1.29 is 13.2 Å². The number of hydrogen-bond acceptors (Lipinski definition) is 4. The SMILES string of the molecule is Cc1ccc(S(=O)(=O)N(CC(=O)N/N=C\c2cc(C)n(-c3ccc(Cl)cc3)c2C)c2ccccc2)cc1. The number of hydrogen-bond donors (Lipinski definition) is 1. The second-order valence-electron chi connectivity index (χ2n) is 8.59. The summed E-state index contributed by atoms with van der Waals surface area (Å²) in [5.74, 6) is -0.567. The zero-order valence-corrected chi connectivity index (χ0v) is 22.3. The molecule has 0 aliphatic rings. The number of nitrogens with one attached hydrogen (secondary N) is 1. The van der Waals surface area contributed by atoms with Gasteiger partial charge in [0.15, 0.2) is 0 Å². The van der Waals surface area contributed by atoms with E-state index in [4.69, 9.17) is 11.6 Å². The molecule has 190 valence electrons. The molecule has 3 aromatic carbocycles. The Kier molecular flexibility index (Phi) is 7.80. The largest absolute Gasteiger partial charge is 0.318 e. The van der Waals surface area contributed by atoms with Crippen LogP contribution >= 0.6 is 11.6 Å². The number of anilines is 1. The summed E-state index contributed by atoms with van der Waals surface area (Å²) in [5, 5.41) is 4.75. The van der Waals surface area contributed by atoms with Crippen molar-refractivity contribution in [1.82, 2.24) is 9.99 Å². The van der Waals surface area contributed by atoms with E-state index in [-0.39, 0.29) is 4.90 Å². The maximum absolute atomic E-state index is 13.4. The second kappa shape index (κ2) is 11.0. The lowest BCUT2D eigenvalue weighted by Gasteiger charge is -2.23. The van der Waals surface area contributed by atoms with Gasteiger partial charge in [0, 0.05) is 27.7 Å². The number of aromatic nitrogens is 1. The molecular weight excluding hydrogens is 508 g/mol. The zero-order valence-electron chi connectivity index (χ0n) is 20.7. The summed E-state index contributed by atoms with van der Waals surface area (Å²) in [6.07, 6.45) is 1.55. The van der Waals surface area contributed by atoms with E-state index in [1.54, 1.807) is 48.7 Å². The third kappa shape index (κ3) is 5.93. The molecule has 0 saturated carbocycles. The zero-order chi connectivity index (χ0) is 26.6. The first-order valence-corrected chi connectivity index (χ1v) is 13.4. The van der Waals surface area contributed by atoms with Crippen LogP contribution in [0.1, 0.15) is 22.5 Å². The molecule has 37 heavy (non-hydrogen) atoms. The molecule has 1 heterocycles. The molecule has 0 atom stereocenters. The number of para-hydroxylation sites is 1. The van der Waals surface area contributed by atoms with E-state index in [0.29, 0.717) is 10.7 Å². The Labute approximate surface area is 222 Å². The molecule has 0 aliphatic heterocycles. The van der Waals surface area contributed by atoms with Crippen LogP contribution in [0.5, 0.6) is 0 Å². The summed E-state index contributed by atoms with van der Waals surface area (Å²) in [6, 6.07) is 24.5. The minimum absolute atomic E-state index is 0.105. The van der Waals surface area contributed by atoms with Gasteiger partial charge in [0.1, 0.15) is 6.54 Å². The quantitative estimate of drug-likeness (QED) is 0.242. The number of amides is 1. The summed E-state index contributed by atoms with van der Waals surface area (Å²) in [4.78, 5) is 12.9. The molecule has 4 rings (SSSR count). The van der Waals surface area contributed by atoms with Crippen molar-refractivity contribution in [2.75, 3.05) is 10.8 Å². The highest BCUT2D eigenvalue weighted by molar-refractivity contribution is 7.92. The van der Waals surface area contributed by atoms with Crippen LogP contribution < -0.4 is 9.73 Å². The van der Waals surface area contributed by atoms with Crippen molar-refractivity contribution in [3.05, 3.63) is 112 Å². The average Bonchev–Trinajstić information content (AvgIpc) is 3.16. The van der Waals surface area contributed by atoms with Crippen LogP contribution in [0.25, 0.3) is 5.69 Å². The fraction of sp³-hybridized carbons (Fsp3) is 0.143. The molecule has 0 aliphatic carbocycles. The van der Waals surface area contributed by atoms with Gasteiger partial charge >= 0.3 is 0 Å². The van der Waals surface area contributed by atoms with Gasteiger partial charge < -0.3 is 4.57 Å². The van der Waals surface area contributed by atoms with Gasteiger partial charge in [-0.25, -0.2) is 13.8 Å². The van der Waals surface area contributed by atoms with E-state index in [1.807, 2.05) is 51.1 Å². The van der Waals surface area contributed by atoms with Crippen LogP contribution in [0.4, 0.5) is 5.69 Å². The van der Waals surface area contributed by atoms with Gasteiger partial charge in [0.25, 0.3) is 15.9 Å². The van der Waals surface area contributed by atoms with Gasteiger partial charge in [0.2, 0.25) is 0 Å². The van der Waals surface area contributed by atoms with Crippen LogP contribution in [0.2, 0.25) is 5.02 Å². The molecule has 0 radical (unpaired) electrons. The molecule has 0 spiro atoms. The summed E-state index contributed by atoms with van der Waals surface area (Å²) < 4.78 is 30.0. The summed E-state index contributed by atoms with van der Waals surface area (Å²) in [6.45, 7) is 5.38.